The van der Waals surface area contributed by atoms with E-state index in [0.717, 1.165) is 13.1 Å². The van der Waals surface area contributed by atoms with Crippen molar-refractivity contribution in [3.8, 4) is 0 Å². The van der Waals surface area contributed by atoms with Gasteiger partial charge in [-0.05, 0) is 57.7 Å². The molecule has 28 heavy (non-hydrogen) atoms. The normalized spacial score (nSPS) is 16.2. The first kappa shape index (κ1) is 22.5. The molecule has 1 fully saturated rings. The number of sulfone groups is 1. The van der Waals surface area contributed by atoms with E-state index in [9.17, 15) is 8.42 Å². The lowest BCUT2D eigenvalue weighted by Gasteiger charge is -2.29. The van der Waals surface area contributed by atoms with Crippen molar-refractivity contribution in [3.63, 3.8) is 0 Å². The van der Waals surface area contributed by atoms with Gasteiger partial charge in [0, 0.05) is 46.0 Å². The van der Waals surface area contributed by atoms with Crippen LogP contribution in [0.2, 0.25) is 0 Å². The van der Waals surface area contributed by atoms with Crippen LogP contribution in [0.5, 0.6) is 0 Å². The average Bonchev–Trinajstić information content (AvgIpc) is 2.65. The number of benzene rings is 1. The number of aliphatic imine (C=N–C) groups is 1. The fourth-order valence-electron chi connectivity index (χ4n) is 3.30. The number of guanidine groups is 1. The topological polar surface area (TPSA) is 65.0 Å². The van der Waals surface area contributed by atoms with E-state index in [0.29, 0.717) is 19.0 Å². The van der Waals surface area contributed by atoms with Gasteiger partial charge in [-0.15, -0.1) is 0 Å². The molecule has 0 spiro atoms. The highest BCUT2D eigenvalue weighted by atomic mass is 32.2. The first-order chi connectivity index (χ1) is 13.1. The van der Waals surface area contributed by atoms with E-state index < -0.39 is 14.6 Å². The number of piperidine rings is 1. The van der Waals surface area contributed by atoms with Crippen molar-refractivity contribution in [1.29, 1.82) is 0 Å². The summed E-state index contributed by atoms with van der Waals surface area (Å²) in [7, 11) is 0.541. The number of hydrogen-bond donors (Lipinski definition) is 1. The molecule has 1 N–H and O–H groups in total. The highest BCUT2D eigenvalue weighted by Crippen LogP contribution is 2.20. The van der Waals surface area contributed by atoms with Gasteiger partial charge in [-0.25, -0.2) is 8.42 Å². The molecule has 1 aromatic rings. The summed E-state index contributed by atoms with van der Waals surface area (Å²) in [5.74, 6) is 0.790. The quantitative estimate of drug-likeness (QED) is 0.579. The Morgan fingerprint density at radius 1 is 1.14 bits per heavy atom. The Labute approximate surface area is 170 Å². The summed E-state index contributed by atoms with van der Waals surface area (Å²) in [6.07, 6.45) is 3.89. The van der Waals surface area contributed by atoms with E-state index in [2.05, 4.69) is 39.5 Å². The van der Waals surface area contributed by atoms with Crippen LogP contribution in [0.25, 0.3) is 0 Å². The lowest BCUT2D eigenvalue weighted by atomic mass is 10.1. The van der Waals surface area contributed by atoms with Gasteiger partial charge in [-0.3, -0.25) is 4.99 Å². The summed E-state index contributed by atoms with van der Waals surface area (Å²) in [5, 5.41) is 3.17. The van der Waals surface area contributed by atoms with Crippen molar-refractivity contribution in [1.82, 2.24) is 10.2 Å². The Morgan fingerprint density at radius 2 is 1.75 bits per heavy atom. The fraction of sp³-hybridized carbons (Fsp3) is 0.667. The second-order valence-electron chi connectivity index (χ2n) is 8.48. The van der Waals surface area contributed by atoms with Crippen LogP contribution in [0.3, 0.4) is 0 Å². The molecule has 0 unspecified atom stereocenters. The third-order valence-corrected chi connectivity index (χ3v) is 7.85. The SMILES string of the molecule is CN=C(NCCS(=O)(=O)C(C)(C)C)N(C)Cc1ccc(N2CCCCC2)cc1. The largest absolute Gasteiger partial charge is 0.372 e. The van der Waals surface area contributed by atoms with Gasteiger partial charge >= 0.3 is 0 Å². The molecule has 0 saturated carbocycles. The van der Waals surface area contributed by atoms with Crippen LogP contribution in [0.15, 0.2) is 29.3 Å². The molecule has 1 aliphatic heterocycles. The first-order valence-electron chi connectivity index (χ1n) is 10.1. The number of nitrogens with zero attached hydrogens (tertiary/aromatic N) is 3. The molecule has 0 aromatic heterocycles. The van der Waals surface area contributed by atoms with Gasteiger partial charge in [0.05, 0.1) is 10.5 Å². The average molecular weight is 409 g/mol. The van der Waals surface area contributed by atoms with Crippen molar-refractivity contribution in [2.45, 2.75) is 51.3 Å². The minimum atomic E-state index is -3.14. The van der Waals surface area contributed by atoms with Crippen LogP contribution in [0.1, 0.15) is 45.6 Å². The molecular formula is C21H36N4O2S. The fourth-order valence-corrected chi connectivity index (χ4v) is 4.28. The van der Waals surface area contributed by atoms with Crippen molar-refractivity contribution >= 4 is 21.5 Å². The lowest BCUT2D eigenvalue weighted by molar-refractivity contribution is 0.478. The smallest absolute Gasteiger partial charge is 0.193 e. The number of hydrogen-bond acceptors (Lipinski definition) is 4. The zero-order valence-corrected chi connectivity index (χ0v) is 18.8. The molecule has 1 saturated heterocycles. The minimum Gasteiger partial charge on any atom is -0.372 e. The van der Waals surface area contributed by atoms with E-state index in [-0.39, 0.29) is 5.75 Å². The molecule has 0 atom stereocenters. The maximum Gasteiger partial charge on any atom is 0.193 e. The summed E-state index contributed by atoms with van der Waals surface area (Å²) in [6.45, 7) is 8.56. The molecule has 158 valence electrons. The molecule has 2 rings (SSSR count). The van der Waals surface area contributed by atoms with E-state index in [1.807, 2.05) is 11.9 Å². The van der Waals surface area contributed by atoms with Crippen molar-refractivity contribution in [2.24, 2.45) is 4.99 Å². The molecule has 0 amide bonds. The first-order valence-corrected chi connectivity index (χ1v) is 11.8. The van der Waals surface area contributed by atoms with Crippen LogP contribution in [0, 0.1) is 0 Å². The monoisotopic (exact) mass is 408 g/mol. The van der Waals surface area contributed by atoms with E-state index in [4.69, 9.17) is 0 Å². The third-order valence-electron chi connectivity index (χ3n) is 5.24. The van der Waals surface area contributed by atoms with Gasteiger partial charge in [0.25, 0.3) is 0 Å². The second-order valence-corrected chi connectivity index (χ2v) is 11.3. The maximum absolute atomic E-state index is 12.2. The van der Waals surface area contributed by atoms with Crippen molar-refractivity contribution in [2.75, 3.05) is 44.4 Å². The van der Waals surface area contributed by atoms with Gasteiger partial charge < -0.3 is 15.1 Å². The van der Waals surface area contributed by atoms with Crippen LogP contribution in [0.4, 0.5) is 5.69 Å². The van der Waals surface area contributed by atoms with Crippen LogP contribution in [-0.2, 0) is 16.4 Å². The summed E-state index contributed by atoms with van der Waals surface area (Å²) in [4.78, 5) is 8.75. The number of anilines is 1. The van der Waals surface area contributed by atoms with E-state index in [1.54, 1.807) is 27.8 Å². The Kier molecular flexibility index (Phi) is 7.75. The summed E-state index contributed by atoms with van der Waals surface area (Å²) in [6, 6.07) is 8.72. The molecule has 1 heterocycles. The molecular weight excluding hydrogens is 372 g/mol. The van der Waals surface area contributed by atoms with E-state index >= 15 is 0 Å². The van der Waals surface area contributed by atoms with E-state index in [1.165, 1.54) is 30.5 Å². The van der Waals surface area contributed by atoms with Crippen LogP contribution >= 0.6 is 0 Å². The standard InChI is InChI=1S/C21H36N4O2S/c1-21(2,3)28(26,27)16-13-23-20(22-4)24(5)17-18-9-11-19(12-10-18)25-14-7-6-8-15-25/h9-12H,6-8,13-17H2,1-5H3,(H,22,23). The van der Waals surface area contributed by atoms with Gasteiger partial charge in [0.2, 0.25) is 0 Å². The molecule has 6 nitrogen and oxygen atoms in total. The molecule has 0 bridgehead atoms. The maximum atomic E-state index is 12.2. The predicted molar refractivity (Wildman–Crippen MR) is 119 cm³/mol. The highest BCUT2D eigenvalue weighted by molar-refractivity contribution is 7.92. The van der Waals surface area contributed by atoms with Crippen LogP contribution in [-0.4, -0.2) is 63.5 Å². The molecule has 0 radical (unpaired) electrons. The molecule has 1 aromatic carbocycles. The van der Waals surface area contributed by atoms with Crippen LogP contribution < -0.4 is 10.2 Å². The lowest BCUT2D eigenvalue weighted by Crippen LogP contribution is -2.42. The molecule has 0 aliphatic carbocycles. The van der Waals surface area contributed by atoms with Gasteiger partial charge in [0.1, 0.15) is 0 Å². The third kappa shape index (κ3) is 6.12. The zero-order valence-electron chi connectivity index (χ0n) is 18.0. The summed E-state index contributed by atoms with van der Waals surface area (Å²) < 4.78 is 23.8. The van der Waals surface area contributed by atoms with Crippen molar-refractivity contribution < 1.29 is 8.42 Å². The summed E-state index contributed by atoms with van der Waals surface area (Å²) in [5.41, 5.74) is 2.49. The van der Waals surface area contributed by atoms with Gasteiger partial charge in [-0.1, -0.05) is 12.1 Å². The number of rotatable bonds is 6. The Morgan fingerprint density at radius 3 is 2.29 bits per heavy atom. The van der Waals surface area contributed by atoms with Gasteiger partial charge in [0.15, 0.2) is 15.8 Å². The highest BCUT2D eigenvalue weighted by Gasteiger charge is 2.28. The Hall–Kier alpha value is -1.76. The molecule has 7 heteroatoms. The van der Waals surface area contributed by atoms with Gasteiger partial charge in [-0.2, -0.15) is 0 Å². The zero-order chi connectivity index (χ0) is 20.8. The van der Waals surface area contributed by atoms with Crippen molar-refractivity contribution in [3.05, 3.63) is 29.8 Å². The minimum absolute atomic E-state index is 0.0912. The molecule has 1 aliphatic rings. The summed E-state index contributed by atoms with van der Waals surface area (Å²) >= 11 is 0. The second kappa shape index (κ2) is 9.63. The number of nitrogens with one attached hydrogen (secondary N) is 1. The predicted octanol–water partition coefficient (Wildman–Crippen LogP) is 2.90. The Bertz CT molecular complexity index is 746. The Balaban J connectivity index is 1.88.